The summed E-state index contributed by atoms with van der Waals surface area (Å²) in [6.07, 6.45) is -0.00509. The van der Waals surface area contributed by atoms with Crippen LogP contribution in [0.4, 0.5) is 5.69 Å². The van der Waals surface area contributed by atoms with Crippen LogP contribution in [0.25, 0.3) is 0 Å². The number of hydrogen-bond acceptors (Lipinski definition) is 5. The monoisotopic (exact) mass is 324 g/mol. The number of carbonyl (C=O) groups excluding carboxylic acids is 2. The predicted molar refractivity (Wildman–Crippen MR) is 82.1 cm³/mol. The number of carboxylic acids is 1. The Labute approximate surface area is 131 Å². The summed E-state index contributed by atoms with van der Waals surface area (Å²) in [5, 5.41) is 13.4. The summed E-state index contributed by atoms with van der Waals surface area (Å²) >= 11 is 1.18. The molecule has 118 valence electrons. The van der Waals surface area contributed by atoms with Gasteiger partial charge in [-0.05, 0) is 24.3 Å². The van der Waals surface area contributed by atoms with E-state index < -0.39 is 23.2 Å². The van der Waals surface area contributed by atoms with Gasteiger partial charge in [-0.3, -0.25) is 9.59 Å². The quantitative estimate of drug-likeness (QED) is 0.737. The van der Waals surface area contributed by atoms with Gasteiger partial charge in [-0.2, -0.15) is 0 Å². The maximum Gasteiger partial charge on any atom is 0.327 e. The number of carboxylic acid groups (broad SMARTS) is 1. The molecule has 1 saturated heterocycles. The molecule has 1 heterocycles. The molecule has 1 fully saturated rings. The molecule has 8 heteroatoms. The number of anilines is 1. The van der Waals surface area contributed by atoms with E-state index in [0.29, 0.717) is 11.4 Å². The van der Waals surface area contributed by atoms with E-state index in [-0.39, 0.29) is 18.1 Å². The van der Waals surface area contributed by atoms with Gasteiger partial charge in [-0.15, -0.1) is 11.8 Å². The Bertz CT molecular complexity index is 575. The van der Waals surface area contributed by atoms with Crippen molar-refractivity contribution in [1.82, 2.24) is 5.32 Å². The molecule has 3 N–H and O–H groups in total. The van der Waals surface area contributed by atoms with Crippen LogP contribution in [-0.4, -0.2) is 47.0 Å². The standard InChI is InChI=1S/C14H16N2O5S/c1-21-9-4-2-8(3-5-9)15-12(17)6-11-13(18)16-10(7-22-11)14(19)20/h2-5,10-11H,6-7H2,1H3,(H,15,17)(H,16,18)(H,19,20)/t10-,11+/m0/s1. The Morgan fingerprint density at radius 1 is 1.41 bits per heavy atom. The number of carbonyl (C=O) groups is 3. The third kappa shape index (κ3) is 4.14. The first-order valence-corrected chi connectivity index (χ1v) is 7.63. The minimum Gasteiger partial charge on any atom is -0.497 e. The maximum absolute atomic E-state index is 11.9. The highest BCUT2D eigenvalue weighted by atomic mass is 32.2. The van der Waals surface area contributed by atoms with Gasteiger partial charge >= 0.3 is 5.97 Å². The van der Waals surface area contributed by atoms with Crippen LogP contribution in [0.5, 0.6) is 5.75 Å². The van der Waals surface area contributed by atoms with E-state index >= 15 is 0 Å². The van der Waals surface area contributed by atoms with E-state index in [1.54, 1.807) is 31.4 Å². The van der Waals surface area contributed by atoms with Crippen LogP contribution in [0.15, 0.2) is 24.3 Å². The molecule has 0 unspecified atom stereocenters. The number of benzene rings is 1. The van der Waals surface area contributed by atoms with Crippen LogP contribution in [0.2, 0.25) is 0 Å². The number of ether oxygens (including phenoxy) is 1. The zero-order valence-electron chi connectivity index (χ0n) is 11.9. The van der Waals surface area contributed by atoms with Gasteiger partial charge in [-0.25, -0.2) is 4.79 Å². The first kappa shape index (κ1) is 16.2. The molecular weight excluding hydrogens is 308 g/mol. The molecule has 0 saturated carbocycles. The summed E-state index contributed by atoms with van der Waals surface area (Å²) in [6.45, 7) is 0. The van der Waals surface area contributed by atoms with Crippen LogP contribution >= 0.6 is 11.8 Å². The first-order valence-electron chi connectivity index (χ1n) is 6.58. The van der Waals surface area contributed by atoms with Crippen molar-refractivity contribution in [3.8, 4) is 5.75 Å². The van der Waals surface area contributed by atoms with Crippen molar-refractivity contribution in [3.05, 3.63) is 24.3 Å². The lowest BCUT2D eigenvalue weighted by Gasteiger charge is -2.25. The summed E-state index contributed by atoms with van der Waals surface area (Å²) in [4.78, 5) is 34.5. The van der Waals surface area contributed by atoms with E-state index in [1.165, 1.54) is 11.8 Å². The number of thioether (sulfide) groups is 1. The molecule has 0 aromatic heterocycles. The van der Waals surface area contributed by atoms with Crippen molar-refractivity contribution in [1.29, 1.82) is 0 Å². The number of rotatable bonds is 5. The fourth-order valence-corrected chi connectivity index (χ4v) is 3.07. The van der Waals surface area contributed by atoms with Crippen molar-refractivity contribution in [2.24, 2.45) is 0 Å². The Hall–Kier alpha value is -2.22. The molecular formula is C14H16N2O5S. The number of aliphatic carboxylic acids is 1. The lowest BCUT2D eigenvalue weighted by atomic mass is 10.2. The van der Waals surface area contributed by atoms with Gasteiger partial charge in [0.1, 0.15) is 11.8 Å². The molecule has 1 aliphatic rings. The van der Waals surface area contributed by atoms with Crippen LogP contribution in [0.1, 0.15) is 6.42 Å². The van der Waals surface area contributed by atoms with E-state index in [2.05, 4.69) is 10.6 Å². The van der Waals surface area contributed by atoms with Crippen LogP contribution < -0.4 is 15.4 Å². The average molecular weight is 324 g/mol. The first-order chi connectivity index (χ1) is 10.5. The highest BCUT2D eigenvalue weighted by Crippen LogP contribution is 2.22. The van der Waals surface area contributed by atoms with Crippen LogP contribution in [0.3, 0.4) is 0 Å². The van der Waals surface area contributed by atoms with Gasteiger partial charge in [0.05, 0.1) is 12.4 Å². The van der Waals surface area contributed by atoms with Crippen molar-refractivity contribution >= 4 is 35.2 Å². The minimum atomic E-state index is -1.07. The topological polar surface area (TPSA) is 105 Å². The molecule has 0 bridgehead atoms. The van der Waals surface area contributed by atoms with Crippen molar-refractivity contribution in [3.63, 3.8) is 0 Å². The second-order valence-corrected chi connectivity index (χ2v) is 5.94. The SMILES string of the molecule is COc1ccc(NC(=O)C[C@H]2SC[C@@H](C(=O)O)NC2=O)cc1. The normalized spacial score (nSPS) is 20.9. The Balaban J connectivity index is 1.86. The fourth-order valence-electron chi connectivity index (χ4n) is 1.93. The second kappa shape index (κ2) is 7.17. The summed E-state index contributed by atoms with van der Waals surface area (Å²) in [7, 11) is 1.55. The van der Waals surface area contributed by atoms with Gasteiger partial charge in [0.15, 0.2) is 0 Å². The van der Waals surface area contributed by atoms with Crippen molar-refractivity contribution in [2.75, 3.05) is 18.2 Å². The third-order valence-corrected chi connectivity index (χ3v) is 4.42. The molecule has 2 rings (SSSR count). The maximum atomic E-state index is 11.9. The molecule has 2 amide bonds. The number of nitrogens with one attached hydrogen (secondary N) is 2. The van der Waals surface area contributed by atoms with E-state index in [1.807, 2.05) is 0 Å². The second-order valence-electron chi connectivity index (χ2n) is 4.70. The highest BCUT2D eigenvalue weighted by Gasteiger charge is 2.33. The summed E-state index contributed by atoms with van der Waals surface area (Å²) in [6, 6.07) is 5.94. The van der Waals surface area contributed by atoms with Gasteiger partial charge in [0, 0.05) is 17.9 Å². The molecule has 0 spiro atoms. The predicted octanol–water partition coefficient (Wildman–Crippen LogP) is 0.709. The molecule has 1 aromatic rings. The molecule has 1 aromatic carbocycles. The van der Waals surface area contributed by atoms with Crippen molar-refractivity contribution < 1.29 is 24.2 Å². The molecule has 2 atom stereocenters. The average Bonchev–Trinajstić information content (AvgIpc) is 2.50. The van der Waals surface area contributed by atoms with E-state index in [9.17, 15) is 14.4 Å². The lowest BCUT2D eigenvalue weighted by Crippen LogP contribution is -2.51. The van der Waals surface area contributed by atoms with E-state index in [4.69, 9.17) is 9.84 Å². The summed E-state index contributed by atoms with van der Waals surface area (Å²) < 4.78 is 5.02. The van der Waals surface area contributed by atoms with Crippen LogP contribution in [-0.2, 0) is 14.4 Å². The molecule has 0 aliphatic carbocycles. The Morgan fingerprint density at radius 3 is 2.64 bits per heavy atom. The number of amides is 2. The summed E-state index contributed by atoms with van der Waals surface area (Å²) in [5.74, 6) is -0.858. The Kier molecular flexibility index (Phi) is 5.26. The molecule has 1 aliphatic heterocycles. The molecule has 22 heavy (non-hydrogen) atoms. The minimum absolute atomic E-state index is 0.00509. The zero-order chi connectivity index (χ0) is 16.1. The smallest absolute Gasteiger partial charge is 0.327 e. The van der Waals surface area contributed by atoms with Gasteiger partial charge in [0.2, 0.25) is 11.8 Å². The summed E-state index contributed by atoms with van der Waals surface area (Å²) in [5.41, 5.74) is 0.607. The number of hydrogen-bond donors (Lipinski definition) is 3. The highest BCUT2D eigenvalue weighted by molar-refractivity contribution is 8.00. The van der Waals surface area contributed by atoms with Gasteiger partial charge in [-0.1, -0.05) is 0 Å². The fraction of sp³-hybridized carbons (Fsp3) is 0.357. The van der Waals surface area contributed by atoms with Crippen molar-refractivity contribution in [2.45, 2.75) is 17.7 Å². The van der Waals surface area contributed by atoms with Crippen LogP contribution in [0, 0.1) is 0 Å². The molecule has 0 radical (unpaired) electrons. The lowest BCUT2D eigenvalue weighted by molar-refractivity contribution is -0.141. The zero-order valence-corrected chi connectivity index (χ0v) is 12.7. The van der Waals surface area contributed by atoms with Gasteiger partial charge < -0.3 is 20.5 Å². The molecule has 7 nitrogen and oxygen atoms in total. The van der Waals surface area contributed by atoms with Gasteiger partial charge in [0.25, 0.3) is 0 Å². The van der Waals surface area contributed by atoms with E-state index in [0.717, 1.165) is 0 Å². The number of methoxy groups -OCH3 is 1. The Morgan fingerprint density at radius 2 is 2.09 bits per heavy atom. The largest absolute Gasteiger partial charge is 0.497 e. The third-order valence-electron chi connectivity index (χ3n) is 3.12.